The van der Waals surface area contributed by atoms with Crippen LogP contribution in [0.3, 0.4) is 0 Å². The van der Waals surface area contributed by atoms with Gasteiger partial charge in [-0.1, -0.05) is 43.7 Å². The summed E-state index contributed by atoms with van der Waals surface area (Å²) in [4.78, 5) is 0. The minimum Gasteiger partial charge on any atom is -0.326 e. The second-order valence-electron chi connectivity index (χ2n) is 4.45. The molecule has 0 radical (unpaired) electrons. The normalized spacial score (nSPS) is 10.6. The summed E-state index contributed by atoms with van der Waals surface area (Å²) in [7, 11) is 0. The first kappa shape index (κ1) is 12.8. The molecule has 2 rings (SSSR count). The quantitative estimate of drug-likeness (QED) is 0.865. The van der Waals surface area contributed by atoms with E-state index in [0.29, 0.717) is 6.54 Å². The number of hydrogen-bond donors (Lipinski definition) is 1. The fourth-order valence-corrected chi connectivity index (χ4v) is 2.14. The van der Waals surface area contributed by atoms with Gasteiger partial charge in [-0.2, -0.15) is 0 Å². The molecule has 0 atom stereocenters. The Bertz CT molecular complexity index is 517. The molecule has 0 saturated carbocycles. The zero-order chi connectivity index (χ0) is 13.0. The molecule has 2 aromatic carbocycles. The molecular weight excluding hydrogens is 225 g/mol. The largest absolute Gasteiger partial charge is 0.326 e. The van der Waals surface area contributed by atoms with Crippen LogP contribution >= 0.6 is 0 Å². The summed E-state index contributed by atoms with van der Waals surface area (Å²) < 4.78 is 13.3. The molecule has 0 aliphatic carbocycles. The topological polar surface area (TPSA) is 26.0 Å². The van der Waals surface area contributed by atoms with Crippen LogP contribution in [0.25, 0.3) is 11.1 Å². The van der Waals surface area contributed by atoms with Gasteiger partial charge in [0.1, 0.15) is 5.82 Å². The summed E-state index contributed by atoms with van der Waals surface area (Å²) in [5, 5.41) is 0. The van der Waals surface area contributed by atoms with Crippen LogP contribution in [0.1, 0.15) is 24.5 Å². The van der Waals surface area contributed by atoms with Gasteiger partial charge in [-0.25, -0.2) is 4.39 Å². The Hall–Kier alpha value is -1.67. The Morgan fingerprint density at radius 2 is 1.78 bits per heavy atom. The van der Waals surface area contributed by atoms with Crippen molar-refractivity contribution in [3.05, 3.63) is 59.4 Å². The molecule has 2 aromatic rings. The zero-order valence-electron chi connectivity index (χ0n) is 10.6. The Morgan fingerprint density at radius 1 is 1.06 bits per heavy atom. The van der Waals surface area contributed by atoms with Crippen molar-refractivity contribution in [3.8, 4) is 11.1 Å². The number of nitrogens with two attached hydrogens (primary N) is 1. The number of rotatable bonds is 4. The van der Waals surface area contributed by atoms with E-state index in [1.165, 1.54) is 11.6 Å². The summed E-state index contributed by atoms with van der Waals surface area (Å²) in [6, 6.07) is 13.0. The van der Waals surface area contributed by atoms with Crippen LogP contribution in [0, 0.1) is 5.82 Å². The fourth-order valence-electron chi connectivity index (χ4n) is 2.14. The van der Waals surface area contributed by atoms with Crippen LogP contribution in [0.2, 0.25) is 0 Å². The highest BCUT2D eigenvalue weighted by atomic mass is 19.1. The third-order valence-electron chi connectivity index (χ3n) is 3.10. The van der Waals surface area contributed by atoms with Gasteiger partial charge in [0, 0.05) is 6.54 Å². The van der Waals surface area contributed by atoms with E-state index in [2.05, 4.69) is 19.1 Å². The van der Waals surface area contributed by atoms with Crippen LogP contribution in [0.5, 0.6) is 0 Å². The lowest BCUT2D eigenvalue weighted by Crippen LogP contribution is -1.99. The maximum atomic E-state index is 13.3. The van der Waals surface area contributed by atoms with E-state index < -0.39 is 0 Å². The van der Waals surface area contributed by atoms with Gasteiger partial charge < -0.3 is 5.73 Å². The maximum absolute atomic E-state index is 13.3. The van der Waals surface area contributed by atoms with Crippen LogP contribution in [0.4, 0.5) is 4.39 Å². The van der Waals surface area contributed by atoms with Crippen molar-refractivity contribution < 1.29 is 4.39 Å². The van der Waals surface area contributed by atoms with Crippen molar-refractivity contribution in [1.29, 1.82) is 0 Å². The molecule has 2 heteroatoms. The first-order valence-corrected chi connectivity index (χ1v) is 6.32. The standard InChI is InChI=1S/C16H18FN/c1-2-3-12-4-6-13(7-5-12)16-10-15(17)9-8-14(16)11-18/h4-10H,2-3,11,18H2,1H3. The van der Waals surface area contributed by atoms with Gasteiger partial charge in [0.25, 0.3) is 0 Å². The van der Waals surface area contributed by atoms with Crippen molar-refractivity contribution in [1.82, 2.24) is 0 Å². The van der Waals surface area contributed by atoms with Crippen molar-refractivity contribution in [3.63, 3.8) is 0 Å². The number of aryl methyl sites for hydroxylation is 1. The Kier molecular flexibility index (Phi) is 4.11. The monoisotopic (exact) mass is 243 g/mol. The number of halogens is 1. The molecule has 0 aliphatic heterocycles. The van der Waals surface area contributed by atoms with Crippen LogP contribution < -0.4 is 5.73 Å². The number of hydrogen-bond acceptors (Lipinski definition) is 1. The second kappa shape index (κ2) is 5.78. The van der Waals surface area contributed by atoms with E-state index in [1.54, 1.807) is 12.1 Å². The summed E-state index contributed by atoms with van der Waals surface area (Å²) in [5.74, 6) is -0.222. The molecule has 2 N–H and O–H groups in total. The van der Waals surface area contributed by atoms with Crippen molar-refractivity contribution in [2.75, 3.05) is 0 Å². The van der Waals surface area contributed by atoms with Gasteiger partial charge in [0.05, 0.1) is 0 Å². The lowest BCUT2D eigenvalue weighted by Gasteiger charge is -2.09. The van der Waals surface area contributed by atoms with Crippen LogP contribution in [-0.4, -0.2) is 0 Å². The smallest absolute Gasteiger partial charge is 0.123 e. The lowest BCUT2D eigenvalue weighted by molar-refractivity contribution is 0.627. The molecule has 0 fully saturated rings. The molecule has 18 heavy (non-hydrogen) atoms. The molecule has 94 valence electrons. The fraction of sp³-hybridized carbons (Fsp3) is 0.250. The maximum Gasteiger partial charge on any atom is 0.123 e. The first-order valence-electron chi connectivity index (χ1n) is 6.32. The summed E-state index contributed by atoms with van der Waals surface area (Å²) in [6.45, 7) is 2.58. The summed E-state index contributed by atoms with van der Waals surface area (Å²) in [5.41, 5.74) is 9.89. The van der Waals surface area contributed by atoms with Crippen LogP contribution in [0.15, 0.2) is 42.5 Å². The Morgan fingerprint density at radius 3 is 2.39 bits per heavy atom. The average Bonchev–Trinajstić information content (AvgIpc) is 2.40. The minimum atomic E-state index is -0.222. The van der Waals surface area contributed by atoms with Gasteiger partial charge in [-0.05, 0) is 40.8 Å². The zero-order valence-corrected chi connectivity index (χ0v) is 10.6. The second-order valence-corrected chi connectivity index (χ2v) is 4.45. The molecule has 0 saturated heterocycles. The predicted octanol–water partition coefficient (Wildman–Crippen LogP) is 3.90. The van der Waals surface area contributed by atoms with Crippen molar-refractivity contribution in [2.24, 2.45) is 5.73 Å². The molecule has 0 spiro atoms. The van der Waals surface area contributed by atoms with E-state index >= 15 is 0 Å². The van der Waals surface area contributed by atoms with E-state index in [-0.39, 0.29) is 5.82 Å². The molecule has 1 nitrogen and oxygen atoms in total. The molecule has 0 amide bonds. The van der Waals surface area contributed by atoms with Gasteiger partial charge in [0.15, 0.2) is 0 Å². The molecule has 0 unspecified atom stereocenters. The third kappa shape index (κ3) is 2.77. The SMILES string of the molecule is CCCc1ccc(-c2cc(F)ccc2CN)cc1. The van der Waals surface area contributed by atoms with Gasteiger partial charge in [-0.3, -0.25) is 0 Å². The molecule has 0 aliphatic rings. The minimum absolute atomic E-state index is 0.222. The van der Waals surface area contributed by atoms with E-state index in [4.69, 9.17) is 5.73 Å². The molecule has 0 bridgehead atoms. The molecule has 0 aromatic heterocycles. The van der Waals surface area contributed by atoms with E-state index in [9.17, 15) is 4.39 Å². The summed E-state index contributed by atoms with van der Waals surface area (Å²) in [6.07, 6.45) is 2.21. The third-order valence-corrected chi connectivity index (χ3v) is 3.10. The van der Waals surface area contributed by atoms with Crippen LogP contribution in [-0.2, 0) is 13.0 Å². The van der Waals surface area contributed by atoms with E-state index in [1.807, 2.05) is 12.1 Å². The molecular formula is C16H18FN. The van der Waals surface area contributed by atoms with Gasteiger partial charge in [0.2, 0.25) is 0 Å². The highest BCUT2D eigenvalue weighted by Crippen LogP contribution is 2.25. The first-order chi connectivity index (χ1) is 8.74. The van der Waals surface area contributed by atoms with Crippen molar-refractivity contribution in [2.45, 2.75) is 26.3 Å². The highest BCUT2D eigenvalue weighted by Gasteiger charge is 2.05. The van der Waals surface area contributed by atoms with E-state index in [0.717, 1.165) is 29.5 Å². The average molecular weight is 243 g/mol. The Balaban J connectivity index is 2.38. The molecule has 0 heterocycles. The summed E-state index contributed by atoms with van der Waals surface area (Å²) >= 11 is 0. The van der Waals surface area contributed by atoms with Gasteiger partial charge in [-0.15, -0.1) is 0 Å². The van der Waals surface area contributed by atoms with Gasteiger partial charge >= 0.3 is 0 Å². The lowest BCUT2D eigenvalue weighted by atomic mass is 9.98. The number of benzene rings is 2. The predicted molar refractivity (Wildman–Crippen MR) is 73.7 cm³/mol. The Labute approximate surface area is 107 Å². The highest BCUT2D eigenvalue weighted by molar-refractivity contribution is 5.67. The van der Waals surface area contributed by atoms with Crippen molar-refractivity contribution >= 4 is 0 Å².